The quantitative estimate of drug-likeness (QED) is 0.425. The molecule has 1 aromatic heterocycles. The molecule has 26 heavy (non-hydrogen) atoms. The van der Waals surface area contributed by atoms with Gasteiger partial charge in [0.05, 0.1) is 13.0 Å². The molecule has 2 aromatic rings. The summed E-state index contributed by atoms with van der Waals surface area (Å²) in [5, 5.41) is 0. The van der Waals surface area contributed by atoms with Crippen LogP contribution in [0.3, 0.4) is 0 Å². The first kappa shape index (κ1) is 18.6. The first-order valence-electron chi connectivity index (χ1n) is 8.92. The zero-order valence-electron chi connectivity index (χ0n) is 14.9. The van der Waals surface area contributed by atoms with Gasteiger partial charge in [0.1, 0.15) is 0 Å². The molecule has 4 nitrogen and oxygen atoms in total. The third kappa shape index (κ3) is 4.52. The minimum atomic E-state index is -0.154. The van der Waals surface area contributed by atoms with Gasteiger partial charge in [-0.25, -0.2) is 0 Å². The molecule has 0 atom stereocenters. The largest absolute Gasteiger partial charge is 0.469 e. The standard InChI is InChI=1S/C21H23NO3S/c1-25-21(24)17-9-7-16(8-10-17)20(23)18-11-12-22-13-19(18)26-14-15-5-3-2-4-6-15/h2-6,11-13,16-17H,7-10,14H2,1H3/t16-,17-. The summed E-state index contributed by atoms with van der Waals surface area (Å²) in [6, 6.07) is 12.0. The van der Waals surface area contributed by atoms with E-state index in [-0.39, 0.29) is 23.6 Å². The highest BCUT2D eigenvalue weighted by Gasteiger charge is 2.31. The van der Waals surface area contributed by atoms with Crippen molar-refractivity contribution in [2.45, 2.75) is 36.3 Å². The Morgan fingerprint density at radius 3 is 2.46 bits per heavy atom. The highest BCUT2D eigenvalue weighted by atomic mass is 32.2. The lowest BCUT2D eigenvalue weighted by atomic mass is 9.79. The van der Waals surface area contributed by atoms with Gasteiger partial charge in [-0.05, 0) is 37.3 Å². The average Bonchev–Trinajstić information content (AvgIpc) is 2.72. The second-order valence-corrected chi connectivity index (χ2v) is 7.60. The van der Waals surface area contributed by atoms with Crippen LogP contribution in [0.4, 0.5) is 0 Å². The average molecular weight is 369 g/mol. The second kappa shape index (κ2) is 8.99. The molecule has 136 valence electrons. The Morgan fingerprint density at radius 2 is 1.77 bits per heavy atom. The van der Waals surface area contributed by atoms with Gasteiger partial charge in [0, 0.05) is 34.5 Å². The maximum atomic E-state index is 13.0. The molecule has 1 aliphatic carbocycles. The molecule has 0 N–H and O–H groups in total. The molecule has 0 aliphatic heterocycles. The molecule has 1 saturated carbocycles. The molecule has 1 fully saturated rings. The van der Waals surface area contributed by atoms with Gasteiger partial charge in [0.2, 0.25) is 0 Å². The summed E-state index contributed by atoms with van der Waals surface area (Å²) < 4.78 is 4.83. The number of pyridine rings is 1. The number of methoxy groups -OCH3 is 1. The van der Waals surface area contributed by atoms with Crippen molar-refractivity contribution >= 4 is 23.5 Å². The Kier molecular flexibility index (Phi) is 6.45. The van der Waals surface area contributed by atoms with Crippen molar-refractivity contribution in [2.24, 2.45) is 11.8 Å². The number of ether oxygens (including phenoxy) is 1. The van der Waals surface area contributed by atoms with Gasteiger partial charge in [-0.3, -0.25) is 14.6 Å². The third-order valence-electron chi connectivity index (χ3n) is 4.92. The maximum absolute atomic E-state index is 13.0. The van der Waals surface area contributed by atoms with E-state index < -0.39 is 0 Å². The van der Waals surface area contributed by atoms with E-state index in [9.17, 15) is 9.59 Å². The van der Waals surface area contributed by atoms with E-state index in [2.05, 4.69) is 17.1 Å². The van der Waals surface area contributed by atoms with E-state index in [1.54, 1.807) is 24.2 Å². The van der Waals surface area contributed by atoms with Crippen LogP contribution in [0.15, 0.2) is 53.7 Å². The van der Waals surface area contributed by atoms with E-state index >= 15 is 0 Å². The first-order chi connectivity index (χ1) is 12.7. The lowest BCUT2D eigenvalue weighted by Gasteiger charge is -2.26. The van der Waals surface area contributed by atoms with E-state index in [0.717, 1.165) is 41.9 Å². The highest BCUT2D eigenvalue weighted by molar-refractivity contribution is 7.98. The fraction of sp³-hybridized carbons (Fsp3) is 0.381. The van der Waals surface area contributed by atoms with Crippen LogP contribution in [0.2, 0.25) is 0 Å². The first-order valence-corrected chi connectivity index (χ1v) is 9.90. The SMILES string of the molecule is COC(=O)[C@H]1CC[C@H](C(=O)c2ccncc2SCc2ccccc2)CC1. The van der Waals surface area contributed by atoms with Gasteiger partial charge in [0.25, 0.3) is 0 Å². The summed E-state index contributed by atoms with van der Waals surface area (Å²) in [7, 11) is 1.42. The number of thioether (sulfide) groups is 1. The lowest BCUT2D eigenvalue weighted by molar-refractivity contribution is -0.146. The highest BCUT2D eigenvalue weighted by Crippen LogP contribution is 2.34. The Balaban J connectivity index is 1.65. The number of nitrogens with zero attached hydrogens (tertiary/aromatic N) is 1. The predicted octanol–water partition coefficient (Wildman–Crippen LogP) is 4.54. The van der Waals surface area contributed by atoms with Crippen molar-refractivity contribution in [3.8, 4) is 0 Å². The molecule has 1 heterocycles. The number of Topliss-reactive ketones (excluding diaryl/α,β-unsaturated/α-hetero) is 1. The van der Waals surface area contributed by atoms with E-state index in [1.165, 1.54) is 12.7 Å². The van der Waals surface area contributed by atoms with Gasteiger partial charge in [-0.2, -0.15) is 0 Å². The number of hydrogen-bond acceptors (Lipinski definition) is 5. The number of aromatic nitrogens is 1. The maximum Gasteiger partial charge on any atom is 0.308 e. The summed E-state index contributed by atoms with van der Waals surface area (Å²) in [4.78, 5) is 29.8. The van der Waals surface area contributed by atoms with Crippen molar-refractivity contribution in [3.05, 3.63) is 59.9 Å². The van der Waals surface area contributed by atoms with E-state index in [0.29, 0.717) is 0 Å². The molecule has 0 unspecified atom stereocenters. The van der Waals surface area contributed by atoms with Crippen LogP contribution in [0.1, 0.15) is 41.6 Å². The fourth-order valence-electron chi connectivity index (χ4n) is 3.41. The van der Waals surface area contributed by atoms with E-state index in [4.69, 9.17) is 4.74 Å². The number of carbonyl (C=O) groups is 2. The Morgan fingerprint density at radius 1 is 1.08 bits per heavy atom. The number of benzene rings is 1. The van der Waals surface area contributed by atoms with Gasteiger partial charge < -0.3 is 4.74 Å². The Labute approximate surface area is 158 Å². The minimum absolute atomic E-state index is 0.0191. The van der Waals surface area contributed by atoms with Crippen LogP contribution in [0, 0.1) is 11.8 Å². The van der Waals surface area contributed by atoms with Gasteiger partial charge in [-0.15, -0.1) is 11.8 Å². The van der Waals surface area contributed by atoms with Crippen LogP contribution in [-0.2, 0) is 15.3 Å². The predicted molar refractivity (Wildman–Crippen MR) is 102 cm³/mol. The smallest absolute Gasteiger partial charge is 0.308 e. The van der Waals surface area contributed by atoms with Crippen LogP contribution >= 0.6 is 11.8 Å². The van der Waals surface area contributed by atoms with Gasteiger partial charge in [-0.1, -0.05) is 30.3 Å². The van der Waals surface area contributed by atoms with Crippen molar-refractivity contribution in [3.63, 3.8) is 0 Å². The van der Waals surface area contributed by atoms with E-state index in [1.807, 2.05) is 24.3 Å². The molecular formula is C21H23NO3S. The molecule has 0 bridgehead atoms. The Bertz CT molecular complexity index is 755. The Hall–Kier alpha value is -2.14. The monoisotopic (exact) mass is 369 g/mol. The van der Waals surface area contributed by atoms with Crippen molar-refractivity contribution in [2.75, 3.05) is 7.11 Å². The van der Waals surface area contributed by atoms with Crippen LogP contribution < -0.4 is 0 Å². The van der Waals surface area contributed by atoms with Gasteiger partial charge in [0.15, 0.2) is 5.78 Å². The van der Waals surface area contributed by atoms with Crippen LogP contribution in [0.5, 0.6) is 0 Å². The zero-order chi connectivity index (χ0) is 18.4. The molecule has 1 aliphatic rings. The minimum Gasteiger partial charge on any atom is -0.469 e. The molecule has 1 aromatic carbocycles. The van der Waals surface area contributed by atoms with Gasteiger partial charge >= 0.3 is 5.97 Å². The summed E-state index contributed by atoms with van der Waals surface area (Å²) in [5.41, 5.74) is 1.97. The summed E-state index contributed by atoms with van der Waals surface area (Å²) in [6.45, 7) is 0. The second-order valence-electron chi connectivity index (χ2n) is 6.58. The topological polar surface area (TPSA) is 56.3 Å². The van der Waals surface area contributed by atoms with Crippen molar-refractivity contribution in [1.29, 1.82) is 0 Å². The molecule has 0 saturated heterocycles. The summed E-state index contributed by atoms with van der Waals surface area (Å²) >= 11 is 1.64. The van der Waals surface area contributed by atoms with Crippen LogP contribution in [-0.4, -0.2) is 23.8 Å². The van der Waals surface area contributed by atoms with Crippen molar-refractivity contribution < 1.29 is 14.3 Å². The molecule has 0 amide bonds. The van der Waals surface area contributed by atoms with Crippen LogP contribution in [0.25, 0.3) is 0 Å². The molecular weight excluding hydrogens is 346 g/mol. The number of ketones is 1. The number of esters is 1. The normalized spacial score (nSPS) is 19.7. The summed E-state index contributed by atoms with van der Waals surface area (Å²) in [5.74, 6) is 0.745. The fourth-order valence-corrected chi connectivity index (χ4v) is 4.39. The van der Waals surface area contributed by atoms with Crippen molar-refractivity contribution in [1.82, 2.24) is 4.98 Å². The molecule has 0 spiro atoms. The lowest BCUT2D eigenvalue weighted by Crippen LogP contribution is -2.27. The molecule has 3 rings (SSSR count). The molecule has 5 heteroatoms. The summed E-state index contributed by atoms with van der Waals surface area (Å²) in [6.07, 6.45) is 6.38. The zero-order valence-corrected chi connectivity index (χ0v) is 15.7. The third-order valence-corrected chi connectivity index (χ3v) is 6.03. The number of carbonyl (C=O) groups excluding carboxylic acids is 2. The number of rotatable bonds is 6. The number of hydrogen-bond donors (Lipinski definition) is 0. The molecule has 0 radical (unpaired) electrons.